The van der Waals surface area contributed by atoms with Gasteiger partial charge >= 0.3 is 0 Å². The summed E-state index contributed by atoms with van der Waals surface area (Å²) in [6.45, 7) is 0.354. The number of amides is 3. The SMILES string of the molecule is O=C(N[C@H]1C[C@H]2C(=O)N[C@@H](CSCc3ccccc3)C(=O)N2C1)c1cccc2ccccc12. The molecule has 2 aliphatic heterocycles. The lowest BCUT2D eigenvalue weighted by atomic mass is 10.0. The number of nitrogens with one attached hydrogen (secondary N) is 2. The van der Waals surface area contributed by atoms with Gasteiger partial charge in [0.15, 0.2) is 0 Å². The number of hydrogen-bond donors (Lipinski definition) is 2. The Balaban J connectivity index is 1.22. The molecule has 3 amide bonds. The van der Waals surface area contributed by atoms with Crippen molar-refractivity contribution >= 4 is 40.3 Å². The fourth-order valence-electron chi connectivity index (χ4n) is 4.63. The number of nitrogens with zero attached hydrogens (tertiary/aromatic N) is 1. The van der Waals surface area contributed by atoms with Gasteiger partial charge in [-0.15, -0.1) is 0 Å². The first-order valence-corrected chi connectivity index (χ1v) is 12.3. The van der Waals surface area contributed by atoms with Crippen LogP contribution < -0.4 is 10.6 Å². The average Bonchev–Trinajstić information content (AvgIpc) is 3.27. The van der Waals surface area contributed by atoms with Gasteiger partial charge in [-0.25, -0.2) is 0 Å². The summed E-state index contributed by atoms with van der Waals surface area (Å²) in [6, 6.07) is 22.1. The maximum Gasteiger partial charge on any atom is 0.252 e. The molecule has 3 aromatic rings. The molecule has 2 aliphatic rings. The molecule has 2 heterocycles. The quantitative estimate of drug-likeness (QED) is 0.594. The second-order valence-electron chi connectivity index (χ2n) is 8.50. The number of thioether (sulfide) groups is 1. The minimum absolute atomic E-state index is 0.0675. The molecule has 0 bridgehead atoms. The van der Waals surface area contributed by atoms with Crippen molar-refractivity contribution in [1.82, 2.24) is 15.5 Å². The van der Waals surface area contributed by atoms with E-state index in [1.54, 1.807) is 22.7 Å². The maximum absolute atomic E-state index is 13.1. The van der Waals surface area contributed by atoms with Crippen LogP contribution in [0.4, 0.5) is 0 Å². The van der Waals surface area contributed by atoms with Gasteiger partial charge in [0.25, 0.3) is 5.91 Å². The Bertz CT molecular complexity index is 1190. The highest BCUT2D eigenvalue weighted by molar-refractivity contribution is 7.98. The van der Waals surface area contributed by atoms with Crippen LogP contribution in [0.5, 0.6) is 0 Å². The van der Waals surface area contributed by atoms with Gasteiger partial charge in [0, 0.05) is 29.7 Å². The van der Waals surface area contributed by atoms with Crippen molar-refractivity contribution < 1.29 is 14.4 Å². The van der Waals surface area contributed by atoms with Gasteiger partial charge in [-0.2, -0.15) is 11.8 Å². The molecule has 3 aromatic carbocycles. The van der Waals surface area contributed by atoms with E-state index in [1.807, 2.05) is 66.7 Å². The van der Waals surface area contributed by atoms with Gasteiger partial charge in [0.2, 0.25) is 11.8 Å². The predicted octanol–water partition coefficient (Wildman–Crippen LogP) is 2.97. The second kappa shape index (κ2) is 9.27. The molecule has 3 atom stereocenters. The van der Waals surface area contributed by atoms with Crippen LogP contribution in [0.25, 0.3) is 10.8 Å². The zero-order chi connectivity index (χ0) is 22.8. The van der Waals surface area contributed by atoms with Crippen molar-refractivity contribution in [2.24, 2.45) is 0 Å². The maximum atomic E-state index is 13.1. The summed E-state index contributed by atoms with van der Waals surface area (Å²) in [6.07, 6.45) is 0.429. The molecule has 6 nitrogen and oxygen atoms in total. The minimum atomic E-state index is -0.532. The largest absolute Gasteiger partial charge is 0.347 e. The van der Waals surface area contributed by atoms with Crippen molar-refractivity contribution in [3.63, 3.8) is 0 Å². The van der Waals surface area contributed by atoms with Crippen molar-refractivity contribution in [3.8, 4) is 0 Å². The molecule has 0 unspecified atom stereocenters. The van der Waals surface area contributed by atoms with Crippen molar-refractivity contribution in [1.29, 1.82) is 0 Å². The average molecular weight is 460 g/mol. The van der Waals surface area contributed by atoms with Crippen LogP contribution in [0, 0.1) is 0 Å². The van der Waals surface area contributed by atoms with Gasteiger partial charge < -0.3 is 15.5 Å². The Morgan fingerprint density at radius 2 is 1.76 bits per heavy atom. The second-order valence-corrected chi connectivity index (χ2v) is 9.53. The molecule has 0 aliphatic carbocycles. The van der Waals surface area contributed by atoms with E-state index in [9.17, 15) is 14.4 Å². The molecule has 168 valence electrons. The van der Waals surface area contributed by atoms with Gasteiger partial charge in [-0.3, -0.25) is 14.4 Å². The highest BCUT2D eigenvalue weighted by Crippen LogP contribution is 2.26. The third-order valence-electron chi connectivity index (χ3n) is 6.27. The van der Waals surface area contributed by atoms with Gasteiger partial charge in [-0.05, 0) is 28.8 Å². The third kappa shape index (κ3) is 4.46. The lowest BCUT2D eigenvalue weighted by Crippen LogP contribution is -2.61. The molecule has 33 heavy (non-hydrogen) atoms. The van der Waals surface area contributed by atoms with Gasteiger partial charge in [-0.1, -0.05) is 66.7 Å². The zero-order valence-corrected chi connectivity index (χ0v) is 18.9. The Labute approximate surface area is 196 Å². The fraction of sp³-hybridized carbons (Fsp3) is 0.269. The van der Waals surface area contributed by atoms with Crippen LogP contribution in [-0.2, 0) is 15.3 Å². The summed E-state index contributed by atoms with van der Waals surface area (Å²) in [7, 11) is 0. The summed E-state index contributed by atoms with van der Waals surface area (Å²) in [4.78, 5) is 40.4. The molecule has 5 rings (SSSR count). The standard InChI is InChI=1S/C26H25N3O3S/c30-24(21-12-6-10-18-9-4-5-11-20(18)21)27-19-13-23-25(31)28-22(26(32)29(23)14-19)16-33-15-17-7-2-1-3-8-17/h1-12,19,22-23H,13-16H2,(H,27,30)(H,28,31)/t19-,22-,23-/m0/s1. The van der Waals surface area contributed by atoms with Crippen molar-refractivity contribution in [2.75, 3.05) is 12.3 Å². The van der Waals surface area contributed by atoms with E-state index >= 15 is 0 Å². The molecule has 0 radical (unpaired) electrons. The lowest BCUT2D eigenvalue weighted by molar-refractivity contribution is -0.146. The van der Waals surface area contributed by atoms with E-state index in [1.165, 1.54) is 5.56 Å². The Hall–Kier alpha value is -3.32. The highest BCUT2D eigenvalue weighted by atomic mass is 32.2. The first-order chi connectivity index (χ1) is 16.1. The molecule has 0 aromatic heterocycles. The van der Waals surface area contributed by atoms with Crippen LogP contribution >= 0.6 is 11.8 Å². The van der Waals surface area contributed by atoms with Gasteiger partial charge in [0.05, 0.1) is 0 Å². The summed E-state index contributed by atoms with van der Waals surface area (Å²) >= 11 is 1.63. The highest BCUT2D eigenvalue weighted by Gasteiger charge is 2.46. The summed E-state index contributed by atoms with van der Waals surface area (Å²) in [5.74, 6) is 0.923. The third-order valence-corrected chi connectivity index (χ3v) is 7.37. The Morgan fingerprint density at radius 1 is 1.00 bits per heavy atom. The van der Waals surface area contributed by atoms with Crippen molar-refractivity contribution in [3.05, 3.63) is 83.9 Å². The minimum Gasteiger partial charge on any atom is -0.347 e. The molecule has 2 N–H and O–H groups in total. The molecular formula is C26H25N3O3S. The first kappa shape index (κ1) is 21.5. The molecule has 0 saturated carbocycles. The monoisotopic (exact) mass is 459 g/mol. The van der Waals surface area contributed by atoms with Gasteiger partial charge in [0.1, 0.15) is 12.1 Å². The molecular weight excluding hydrogens is 434 g/mol. The van der Waals surface area contributed by atoms with E-state index in [0.717, 1.165) is 16.5 Å². The molecule has 2 fully saturated rings. The number of benzene rings is 3. The first-order valence-electron chi connectivity index (χ1n) is 11.1. The van der Waals surface area contributed by atoms with E-state index in [4.69, 9.17) is 0 Å². The summed E-state index contributed by atoms with van der Waals surface area (Å²) in [5, 5.41) is 7.82. The topological polar surface area (TPSA) is 78.5 Å². The number of piperazine rings is 1. The predicted molar refractivity (Wildman–Crippen MR) is 130 cm³/mol. The van der Waals surface area contributed by atoms with Crippen molar-refractivity contribution in [2.45, 2.75) is 30.3 Å². The molecule has 0 spiro atoms. The number of carbonyl (C=O) groups excluding carboxylic acids is 3. The number of rotatable bonds is 6. The van der Waals surface area contributed by atoms with Crippen LogP contribution in [0.15, 0.2) is 72.8 Å². The van der Waals surface area contributed by atoms with Crippen LogP contribution in [-0.4, -0.2) is 53.0 Å². The summed E-state index contributed by atoms with van der Waals surface area (Å²) in [5.41, 5.74) is 1.79. The van der Waals surface area contributed by atoms with E-state index < -0.39 is 12.1 Å². The Kier molecular flexibility index (Phi) is 6.05. The normalized spacial score (nSPS) is 22.2. The Morgan fingerprint density at radius 3 is 2.61 bits per heavy atom. The summed E-state index contributed by atoms with van der Waals surface area (Å²) < 4.78 is 0. The van der Waals surface area contributed by atoms with E-state index in [0.29, 0.717) is 24.3 Å². The number of hydrogen-bond acceptors (Lipinski definition) is 4. The number of carbonyl (C=O) groups is 3. The van der Waals surface area contributed by atoms with Crippen LogP contribution in [0.2, 0.25) is 0 Å². The van der Waals surface area contributed by atoms with Crippen LogP contribution in [0.1, 0.15) is 22.3 Å². The molecule has 2 saturated heterocycles. The smallest absolute Gasteiger partial charge is 0.252 e. The van der Waals surface area contributed by atoms with E-state index in [2.05, 4.69) is 10.6 Å². The van der Waals surface area contributed by atoms with E-state index in [-0.39, 0.29) is 23.8 Å². The molecule has 7 heteroatoms. The lowest BCUT2D eigenvalue weighted by Gasteiger charge is -2.34. The fourth-order valence-corrected chi connectivity index (χ4v) is 5.64. The number of fused-ring (bicyclic) bond motifs is 2. The van der Waals surface area contributed by atoms with Crippen LogP contribution in [0.3, 0.4) is 0 Å². The zero-order valence-electron chi connectivity index (χ0n) is 18.1.